The predicted molar refractivity (Wildman–Crippen MR) is 107 cm³/mol. The summed E-state index contributed by atoms with van der Waals surface area (Å²) in [7, 11) is 2.97. The zero-order valence-electron chi connectivity index (χ0n) is 16.4. The minimum atomic E-state index is -0.321. The Kier molecular flexibility index (Phi) is 6.79. The molecule has 0 radical (unpaired) electrons. The van der Waals surface area contributed by atoms with E-state index in [0.717, 1.165) is 37.3 Å². The van der Waals surface area contributed by atoms with Crippen LogP contribution in [-0.4, -0.2) is 44.1 Å². The first-order valence-electron chi connectivity index (χ1n) is 9.39. The van der Waals surface area contributed by atoms with E-state index in [1.165, 1.54) is 18.2 Å². The number of ether oxygens (including phenoxy) is 2. The molecule has 0 bridgehead atoms. The molecule has 0 aromatic heterocycles. The Bertz CT molecular complexity index is 833. The van der Waals surface area contributed by atoms with Gasteiger partial charge < -0.3 is 14.8 Å². The third-order valence-corrected chi connectivity index (χ3v) is 4.90. The molecule has 0 aliphatic carbocycles. The summed E-state index contributed by atoms with van der Waals surface area (Å²) in [6.07, 6.45) is 1.33. The summed E-state index contributed by atoms with van der Waals surface area (Å²) in [5.74, 6) is -0.362. The number of anilines is 1. The van der Waals surface area contributed by atoms with Crippen molar-refractivity contribution in [1.82, 2.24) is 4.90 Å². The van der Waals surface area contributed by atoms with Crippen LogP contribution in [0.15, 0.2) is 42.5 Å². The topological polar surface area (TPSA) is 67.9 Å². The molecule has 1 amide bonds. The van der Waals surface area contributed by atoms with Crippen LogP contribution in [-0.2, 0) is 33.8 Å². The zero-order valence-corrected chi connectivity index (χ0v) is 16.4. The number of hydrogen-bond donors (Lipinski definition) is 1. The van der Waals surface area contributed by atoms with E-state index in [1.54, 1.807) is 19.2 Å². The fraction of sp³-hybridized carbons (Fsp3) is 0.364. The molecule has 2 aromatic rings. The molecule has 28 heavy (non-hydrogen) atoms. The van der Waals surface area contributed by atoms with Crippen LogP contribution in [0.2, 0.25) is 0 Å². The smallest absolute Gasteiger partial charge is 0.337 e. The number of amides is 1. The van der Waals surface area contributed by atoms with Gasteiger partial charge in [0.15, 0.2) is 0 Å². The van der Waals surface area contributed by atoms with E-state index < -0.39 is 0 Å². The van der Waals surface area contributed by atoms with Crippen LogP contribution in [0.1, 0.15) is 33.5 Å². The highest BCUT2D eigenvalue weighted by molar-refractivity contribution is 5.91. The van der Waals surface area contributed by atoms with Crippen molar-refractivity contribution in [1.29, 1.82) is 0 Å². The van der Waals surface area contributed by atoms with Crippen molar-refractivity contribution in [2.75, 3.05) is 32.7 Å². The van der Waals surface area contributed by atoms with E-state index >= 15 is 0 Å². The van der Waals surface area contributed by atoms with Gasteiger partial charge in [0.05, 0.1) is 25.7 Å². The summed E-state index contributed by atoms with van der Waals surface area (Å²) in [6.45, 7) is 3.03. The Morgan fingerprint density at radius 3 is 2.57 bits per heavy atom. The highest BCUT2D eigenvalue weighted by Gasteiger charge is 2.17. The molecule has 1 N–H and O–H groups in total. The van der Waals surface area contributed by atoms with Gasteiger partial charge in [-0.25, -0.2) is 4.79 Å². The number of nitrogens with zero attached hydrogens (tertiary/aromatic N) is 1. The average molecular weight is 382 g/mol. The number of fused-ring (bicyclic) bond motifs is 1. The summed E-state index contributed by atoms with van der Waals surface area (Å²) in [5.41, 5.74) is 5.10. The van der Waals surface area contributed by atoms with Crippen LogP contribution < -0.4 is 5.32 Å². The lowest BCUT2D eigenvalue weighted by atomic mass is 9.98. The highest BCUT2D eigenvalue weighted by Crippen LogP contribution is 2.24. The molecule has 0 atom stereocenters. The molecule has 0 fully saturated rings. The lowest BCUT2D eigenvalue weighted by Crippen LogP contribution is -2.30. The van der Waals surface area contributed by atoms with Crippen LogP contribution in [0.5, 0.6) is 0 Å². The molecule has 0 saturated heterocycles. The third kappa shape index (κ3) is 5.18. The lowest BCUT2D eigenvalue weighted by Gasteiger charge is -2.29. The van der Waals surface area contributed by atoms with Crippen LogP contribution in [0, 0.1) is 0 Å². The average Bonchev–Trinajstić information content (AvgIpc) is 2.72. The van der Waals surface area contributed by atoms with E-state index in [4.69, 9.17) is 9.47 Å². The summed E-state index contributed by atoms with van der Waals surface area (Å²) < 4.78 is 9.68. The van der Waals surface area contributed by atoms with E-state index in [1.807, 2.05) is 18.2 Å². The molecule has 3 rings (SSSR count). The maximum Gasteiger partial charge on any atom is 0.337 e. The molecule has 0 unspecified atom stereocenters. The minimum absolute atomic E-state index is 0.0415. The zero-order chi connectivity index (χ0) is 19.9. The largest absolute Gasteiger partial charge is 0.465 e. The molecule has 1 aliphatic rings. The summed E-state index contributed by atoms with van der Waals surface area (Å²) in [4.78, 5) is 25.8. The maximum absolute atomic E-state index is 11.9. The quantitative estimate of drug-likeness (QED) is 0.746. The van der Waals surface area contributed by atoms with Crippen molar-refractivity contribution in [2.24, 2.45) is 0 Å². The van der Waals surface area contributed by atoms with Gasteiger partial charge >= 0.3 is 5.97 Å². The SMILES string of the molecule is COCCC(=O)Nc1ccc2c(c1)CN(Cc1ccc(C(=O)OC)cc1)CC2. The second kappa shape index (κ2) is 9.48. The Morgan fingerprint density at radius 1 is 1.07 bits per heavy atom. The van der Waals surface area contributed by atoms with Gasteiger partial charge in [-0.05, 0) is 47.4 Å². The van der Waals surface area contributed by atoms with Crippen LogP contribution >= 0.6 is 0 Å². The molecule has 0 spiro atoms. The van der Waals surface area contributed by atoms with Gasteiger partial charge in [0.25, 0.3) is 0 Å². The van der Waals surface area contributed by atoms with Gasteiger partial charge in [-0.15, -0.1) is 0 Å². The number of esters is 1. The fourth-order valence-electron chi connectivity index (χ4n) is 3.37. The molecule has 0 saturated carbocycles. The summed E-state index contributed by atoms with van der Waals surface area (Å²) in [6, 6.07) is 13.7. The molecular formula is C22H26N2O4. The maximum atomic E-state index is 11.9. The van der Waals surface area contributed by atoms with Crippen molar-refractivity contribution < 1.29 is 19.1 Å². The number of hydrogen-bond acceptors (Lipinski definition) is 5. The standard InChI is InChI=1S/C22H26N2O4/c1-27-12-10-21(25)23-20-8-7-17-9-11-24(15-19(17)13-20)14-16-3-5-18(6-4-16)22(26)28-2/h3-8,13H,9-12,14-15H2,1-2H3,(H,23,25). The second-order valence-corrected chi connectivity index (χ2v) is 6.92. The molecule has 6 heteroatoms. The number of methoxy groups -OCH3 is 2. The minimum Gasteiger partial charge on any atom is -0.465 e. The van der Waals surface area contributed by atoms with Gasteiger partial charge in [0.1, 0.15) is 0 Å². The fourth-order valence-corrected chi connectivity index (χ4v) is 3.37. The molecule has 6 nitrogen and oxygen atoms in total. The molecule has 148 valence electrons. The Hall–Kier alpha value is -2.70. The first-order chi connectivity index (χ1) is 13.6. The first kappa shape index (κ1) is 20.0. The molecule has 1 heterocycles. The van der Waals surface area contributed by atoms with Crippen molar-refractivity contribution in [3.8, 4) is 0 Å². The first-order valence-corrected chi connectivity index (χ1v) is 9.39. The Balaban J connectivity index is 1.62. The monoisotopic (exact) mass is 382 g/mol. The molecule has 1 aliphatic heterocycles. The van der Waals surface area contributed by atoms with Gasteiger partial charge in [-0.2, -0.15) is 0 Å². The lowest BCUT2D eigenvalue weighted by molar-refractivity contribution is -0.117. The van der Waals surface area contributed by atoms with Gasteiger partial charge in [-0.1, -0.05) is 18.2 Å². The van der Waals surface area contributed by atoms with Crippen LogP contribution in [0.25, 0.3) is 0 Å². The van der Waals surface area contributed by atoms with Gasteiger partial charge in [0.2, 0.25) is 5.91 Å². The summed E-state index contributed by atoms with van der Waals surface area (Å²) in [5, 5.41) is 2.93. The van der Waals surface area contributed by atoms with Crippen LogP contribution in [0.4, 0.5) is 5.69 Å². The third-order valence-electron chi connectivity index (χ3n) is 4.90. The van der Waals surface area contributed by atoms with Crippen molar-refractivity contribution in [3.63, 3.8) is 0 Å². The predicted octanol–water partition coefficient (Wildman–Crippen LogP) is 3.01. The molecular weight excluding hydrogens is 356 g/mol. The Morgan fingerprint density at radius 2 is 1.86 bits per heavy atom. The normalized spacial score (nSPS) is 13.6. The van der Waals surface area contributed by atoms with E-state index in [-0.39, 0.29) is 11.9 Å². The van der Waals surface area contributed by atoms with Gasteiger partial charge in [0, 0.05) is 32.4 Å². The number of carbonyl (C=O) groups is 2. The van der Waals surface area contributed by atoms with E-state index in [2.05, 4.69) is 22.3 Å². The van der Waals surface area contributed by atoms with Crippen molar-refractivity contribution in [3.05, 3.63) is 64.7 Å². The number of benzene rings is 2. The highest BCUT2D eigenvalue weighted by atomic mass is 16.5. The number of rotatable bonds is 7. The van der Waals surface area contributed by atoms with E-state index in [9.17, 15) is 9.59 Å². The van der Waals surface area contributed by atoms with Crippen molar-refractivity contribution >= 4 is 17.6 Å². The second-order valence-electron chi connectivity index (χ2n) is 6.92. The van der Waals surface area contributed by atoms with Gasteiger partial charge in [-0.3, -0.25) is 9.69 Å². The van der Waals surface area contributed by atoms with Crippen molar-refractivity contribution in [2.45, 2.75) is 25.9 Å². The van der Waals surface area contributed by atoms with Crippen LogP contribution in [0.3, 0.4) is 0 Å². The van der Waals surface area contributed by atoms with E-state index in [0.29, 0.717) is 18.6 Å². The number of carbonyl (C=O) groups excluding carboxylic acids is 2. The molecule has 2 aromatic carbocycles. The summed E-state index contributed by atoms with van der Waals surface area (Å²) >= 11 is 0. The Labute approximate surface area is 165 Å². The number of nitrogens with one attached hydrogen (secondary N) is 1.